The van der Waals surface area contributed by atoms with Crippen LogP contribution < -0.4 is 0 Å². The Morgan fingerprint density at radius 1 is 0.893 bits per heavy atom. The second-order valence-corrected chi connectivity index (χ2v) is 7.03. The van der Waals surface area contributed by atoms with E-state index in [0.29, 0.717) is 0 Å². The predicted octanol–water partition coefficient (Wildman–Crippen LogP) is 4.23. The second kappa shape index (κ2) is 6.28. The molecule has 0 saturated carbocycles. The number of non-ortho nitro benzene ring substituents is 1. The summed E-state index contributed by atoms with van der Waals surface area (Å²) in [6, 6.07) is 24.2. The third-order valence-electron chi connectivity index (χ3n) is 5.36. The summed E-state index contributed by atoms with van der Waals surface area (Å²) in [5, 5.41) is 20.8. The monoisotopic (exact) mass is 371 g/mol. The van der Waals surface area contributed by atoms with E-state index in [-0.39, 0.29) is 34.6 Å². The molecule has 0 aromatic heterocycles. The van der Waals surface area contributed by atoms with Gasteiger partial charge in [-0.25, -0.2) is 0 Å². The third kappa shape index (κ3) is 2.66. The van der Waals surface area contributed by atoms with E-state index in [1.54, 1.807) is 24.3 Å². The zero-order valence-corrected chi connectivity index (χ0v) is 14.8. The van der Waals surface area contributed by atoms with Gasteiger partial charge in [0.25, 0.3) is 5.69 Å². The van der Waals surface area contributed by atoms with Crippen LogP contribution in [-0.4, -0.2) is 26.7 Å². The molecule has 6 heteroatoms. The highest BCUT2D eigenvalue weighted by Crippen LogP contribution is 2.56. The maximum atomic E-state index is 11.0. The van der Waals surface area contributed by atoms with Crippen molar-refractivity contribution >= 4 is 11.4 Å². The first-order chi connectivity index (χ1) is 13.6. The van der Waals surface area contributed by atoms with Crippen molar-refractivity contribution in [2.24, 2.45) is 4.99 Å². The van der Waals surface area contributed by atoms with E-state index in [1.807, 2.05) is 54.6 Å². The molecule has 4 atom stereocenters. The first-order valence-corrected chi connectivity index (χ1v) is 9.07. The fraction of sp³-hybridized carbons (Fsp3) is 0.136. The highest BCUT2D eigenvalue weighted by molar-refractivity contribution is 6.08. The molecule has 28 heavy (non-hydrogen) atoms. The number of benzene rings is 3. The molecule has 5 rings (SSSR count). The minimum Gasteiger partial charge on any atom is -0.508 e. The van der Waals surface area contributed by atoms with Crippen LogP contribution in [0.4, 0.5) is 5.69 Å². The highest BCUT2D eigenvalue weighted by atomic mass is 16.6. The zero-order valence-electron chi connectivity index (χ0n) is 14.8. The van der Waals surface area contributed by atoms with Gasteiger partial charge in [-0.05, 0) is 28.8 Å². The Hall–Kier alpha value is -3.51. The van der Waals surface area contributed by atoms with Gasteiger partial charge in [0.05, 0.1) is 22.7 Å². The number of rotatable bonds is 4. The van der Waals surface area contributed by atoms with E-state index in [2.05, 4.69) is 4.90 Å². The minimum atomic E-state index is -0.385. The van der Waals surface area contributed by atoms with E-state index < -0.39 is 0 Å². The van der Waals surface area contributed by atoms with Crippen molar-refractivity contribution in [3.05, 3.63) is 106 Å². The lowest BCUT2D eigenvalue weighted by atomic mass is 10.0. The standard InChI is InChI=1S/C22H17N3O3/c26-18-8-4-7-16(13-18)22-23-19(14-5-2-1-3-6-14)21-20(24(21)22)15-9-11-17(12-10-15)25(27)28/h1-13,20-22,26H. The maximum Gasteiger partial charge on any atom is 0.269 e. The zero-order chi connectivity index (χ0) is 19.3. The second-order valence-electron chi connectivity index (χ2n) is 7.03. The van der Waals surface area contributed by atoms with Crippen LogP contribution in [0.5, 0.6) is 5.75 Å². The summed E-state index contributed by atoms with van der Waals surface area (Å²) >= 11 is 0. The van der Waals surface area contributed by atoms with Crippen LogP contribution in [0.2, 0.25) is 0 Å². The summed E-state index contributed by atoms with van der Waals surface area (Å²) in [7, 11) is 0. The van der Waals surface area contributed by atoms with Gasteiger partial charge in [0.2, 0.25) is 0 Å². The summed E-state index contributed by atoms with van der Waals surface area (Å²) in [5.41, 5.74) is 4.14. The van der Waals surface area contributed by atoms with Gasteiger partial charge in [0.15, 0.2) is 0 Å². The Balaban J connectivity index is 1.54. The highest BCUT2D eigenvalue weighted by Gasteiger charge is 2.59. The molecule has 3 aromatic carbocycles. The van der Waals surface area contributed by atoms with Gasteiger partial charge in [-0.1, -0.05) is 54.6 Å². The molecule has 138 valence electrons. The minimum absolute atomic E-state index is 0.0889. The number of hydrogen-bond donors (Lipinski definition) is 1. The van der Waals surface area contributed by atoms with Crippen molar-refractivity contribution in [3.8, 4) is 5.75 Å². The first kappa shape index (κ1) is 16.6. The molecule has 6 nitrogen and oxygen atoms in total. The summed E-state index contributed by atoms with van der Waals surface area (Å²) in [5.74, 6) is 0.214. The first-order valence-electron chi connectivity index (χ1n) is 9.07. The molecule has 1 fully saturated rings. The fourth-order valence-corrected chi connectivity index (χ4v) is 4.05. The van der Waals surface area contributed by atoms with E-state index in [4.69, 9.17) is 4.99 Å². The van der Waals surface area contributed by atoms with Crippen LogP contribution >= 0.6 is 0 Å². The molecule has 2 aliphatic rings. The Morgan fingerprint density at radius 3 is 2.32 bits per heavy atom. The molecule has 0 amide bonds. The van der Waals surface area contributed by atoms with Crippen molar-refractivity contribution in [1.29, 1.82) is 0 Å². The lowest BCUT2D eigenvalue weighted by Crippen LogP contribution is -2.08. The number of aliphatic imine (C=N–C) groups is 1. The van der Waals surface area contributed by atoms with Crippen LogP contribution in [0.15, 0.2) is 83.9 Å². The van der Waals surface area contributed by atoms with Crippen molar-refractivity contribution in [3.63, 3.8) is 0 Å². The van der Waals surface area contributed by atoms with Gasteiger partial charge in [0.1, 0.15) is 11.9 Å². The van der Waals surface area contributed by atoms with Gasteiger partial charge >= 0.3 is 0 Å². The number of hydrogen-bond acceptors (Lipinski definition) is 5. The molecule has 0 bridgehead atoms. The van der Waals surface area contributed by atoms with E-state index >= 15 is 0 Å². The number of phenolic OH excluding ortho intramolecular Hbond substituents is 1. The number of nitrogens with zero attached hydrogens (tertiary/aromatic N) is 3. The maximum absolute atomic E-state index is 11.0. The van der Waals surface area contributed by atoms with Crippen molar-refractivity contribution < 1.29 is 10.0 Å². The quantitative estimate of drug-likeness (QED) is 0.423. The number of nitro groups is 1. The van der Waals surface area contributed by atoms with Crippen molar-refractivity contribution in [1.82, 2.24) is 4.90 Å². The van der Waals surface area contributed by atoms with Gasteiger partial charge in [0, 0.05) is 12.1 Å². The molecule has 0 spiro atoms. The molecule has 1 N–H and O–H groups in total. The summed E-state index contributed by atoms with van der Waals surface area (Å²) in [6.07, 6.45) is -0.188. The number of nitro benzene ring substituents is 1. The molecular weight excluding hydrogens is 354 g/mol. The SMILES string of the molecule is O=[N+]([O-])c1ccc(C2C3C(c4ccccc4)=NC(c4cccc(O)c4)N32)cc1. The number of fused-ring (bicyclic) bond motifs is 1. The van der Waals surface area contributed by atoms with Gasteiger partial charge in [-0.15, -0.1) is 0 Å². The van der Waals surface area contributed by atoms with Gasteiger partial charge in [-0.3, -0.25) is 20.0 Å². The van der Waals surface area contributed by atoms with Crippen molar-refractivity contribution in [2.45, 2.75) is 18.2 Å². The number of aromatic hydroxyl groups is 1. The smallest absolute Gasteiger partial charge is 0.269 e. The third-order valence-corrected chi connectivity index (χ3v) is 5.36. The Kier molecular flexibility index (Phi) is 3.74. The average molecular weight is 371 g/mol. The van der Waals surface area contributed by atoms with E-state index in [0.717, 1.165) is 22.4 Å². The number of phenols is 1. The fourth-order valence-electron chi connectivity index (χ4n) is 4.05. The molecule has 3 aromatic rings. The predicted molar refractivity (Wildman–Crippen MR) is 105 cm³/mol. The average Bonchev–Trinajstić information content (AvgIpc) is 3.32. The lowest BCUT2D eigenvalue weighted by molar-refractivity contribution is -0.384. The van der Waals surface area contributed by atoms with Crippen LogP contribution in [0.1, 0.15) is 28.9 Å². The summed E-state index contributed by atoms with van der Waals surface area (Å²) in [6.45, 7) is 0. The van der Waals surface area contributed by atoms with Crippen molar-refractivity contribution in [2.75, 3.05) is 0 Å². The topological polar surface area (TPSA) is 78.7 Å². The molecule has 0 radical (unpaired) electrons. The molecular formula is C22H17N3O3. The molecule has 0 aliphatic carbocycles. The molecule has 2 aliphatic heterocycles. The Morgan fingerprint density at radius 2 is 1.64 bits per heavy atom. The Bertz CT molecular complexity index is 1080. The van der Waals surface area contributed by atoms with Crippen LogP contribution in [0, 0.1) is 10.1 Å². The molecule has 2 heterocycles. The summed E-state index contributed by atoms with van der Waals surface area (Å²) < 4.78 is 0. The lowest BCUT2D eigenvalue weighted by Gasteiger charge is -2.14. The van der Waals surface area contributed by atoms with Crippen LogP contribution in [-0.2, 0) is 0 Å². The molecule has 1 saturated heterocycles. The normalized spacial score (nSPS) is 25.1. The Labute approximate surface area is 161 Å². The van der Waals surface area contributed by atoms with E-state index in [9.17, 15) is 15.2 Å². The van der Waals surface area contributed by atoms with Crippen LogP contribution in [0.25, 0.3) is 0 Å². The van der Waals surface area contributed by atoms with Gasteiger partial charge in [-0.2, -0.15) is 0 Å². The summed E-state index contributed by atoms with van der Waals surface area (Å²) in [4.78, 5) is 17.8. The molecule has 4 unspecified atom stereocenters. The van der Waals surface area contributed by atoms with E-state index in [1.165, 1.54) is 0 Å². The largest absolute Gasteiger partial charge is 0.508 e. The van der Waals surface area contributed by atoms with Gasteiger partial charge < -0.3 is 5.11 Å². The van der Waals surface area contributed by atoms with Crippen LogP contribution in [0.3, 0.4) is 0 Å².